The van der Waals surface area contributed by atoms with Crippen LogP contribution in [-0.4, -0.2) is 13.0 Å². The predicted molar refractivity (Wildman–Crippen MR) is 91.2 cm³/mol. The second kappa shape index (κ2) is 6.84. The van der Waals surface area contributed by atoms with Crippen molar-refractivity contribution in [1.82, 2.24) is 0 Å². The minimum Gasteiger partial charge on any atom is -0.497 e. The number of fused-ring (bicyclic) bond motifs is 1. The summed E-state index contributed by atoms with van der Waals surface area (Å²) in [5.41, 5.74) is 2.34. The zero-order chi connectivity index (χ0) is 16.2. The Morgan fingerprint density at radius 1 is 1.22 bits per heavy atom. The molecule has 0 saturated heterocycles. The zero-order valence-corrected chi connectivity index (χ0v) is 13.8. The number of amides is 1. The van der Waals surface area contributed by atoms with E-state index in [1.54, 1.807) is 42.7 Å². The third-order valence-corrected chi connectivity index (χ3v) is 5.32. The van der Waals surface area contributed by atoms with Crippen LogP contribution in [0.5, 0.6) is 5.75 Å². The van der Waals surface area contributed by atoms with Crippen LogP contribution in [-0.2, 0) is 12.8 Å². The zero-order valence-electron chi connectivity index (χ0n) is 13.0. The molecule has 1 aliphatic rings. The molecule has 4 nitrogen and oxygen atoms in total. The third-order valence-electron chi connectivity index (χ3n) is 4.11. The van der Waals surface area contributed by atoms with Gasteiger partial charge in [-0.3, -0.25) is 4.79 Å². The highest BCUT2D eigenvalue weighted by atomic mass is 32.1. The second-order valence-corrected chi connectivity index (χ2v) is 6.67. The molecule has 0 atom stereocenters. The van der Waals surface area contributed by atoms with Gasteiger partial charge in [0, 0.05) is 10.4 Å². The van der Waals surface area contributed by atoms with Gasteiger partial charge in [-0.05, 0) is 55.5 Å². The van der Waals surface area contributed by atoms with E-state index in [4.69, 9.17) is 4.74 Å². The molecular weight excluding hydrogens is 308 g/mol. The van der Waals surface area contributed by atoms with Crippen LogP contribution in [0.3, 0.4) is 0 Å². The number of anilines is 1. The summed E-state index contributed by atoms with van der Waals surface area (Å²) in [5.74, 6) is 0.516. The van der Waals surface area contributed by atoms with E-state index in [1.165, 1.54) is 11.3 Å². The average molecular weight is 326 g/mol. The molecule has 1 amide bonds. The van der Waals surface area contributed by atoms with Gasteiger partial charge in [0.15, 0.2) is 0 Å². The van der Waals surface area contributed by atoms with Crippen molar-refractivity contribution in [2.24, 2.45) is 0 Å². The van der Waals surface area contributed by atoms with Gasteiger partial charge in [-0.25, -0.2) is 0 Å². The number of benzene rings is 1. The Bertz CT molecular complexity index is 757. The summed E-state index contributed by atoms with van der Waals surface area (Å²) >= 11 is 1.55. The Morgan fingerprint density at radius 3 is 2.65 bits per heavy atom. The highest BCUT2D eigenvalue weighted by Gasteiger charge is 2.21. The fourth-order valence-corrected chi connectivity index (χ4v) is 4.10. The molecule has 2 aromatic rings. The van der Waals surface area contributed by atoms with Crippen molar-refractivity contribution >= 4 is 22.2 Å². The number of aryl methyl sites for hydroxylation is 1. The standard InChI is InChI=1S/C18H18N2O2S/c1-22-13-9-7-12(8-10-13)17(21)20-18-15(11-19)14-5-3-2-4-6-16(14)23-18/h7-10H,2-6H2,1H3,(H,20,21). The van der Waals surface area contributed by atoms with Gasteiger partial charge in [0.05, 0.1) is 12.7 Å². The lowest BCUT2D eigenvalue weighted by Gasteiger charge is -2.05. The van der Waals surface area contributed by atoms with Crippen LogP contribution in [0.15, 0.2) is 24.3 Å². The first-order valence-electron chi connectivity index (χ1n) is 7.73. The molecule has 0 radical (unpaired) electrons. The van der Waals surface area contributed by atoms with Gasteiger partial charge in [-0.2, -0.15) is 5.26 Å². The molecule has 0 bridgehead atoms. The van der Waals surface area contributed by atoms with E-state index in [-0.39, 0.29) is 5.91 Å². The van der Waals surface area contributed by atoms with Crippen LogP contribution in [0.1, 0.15) is 45.6 Å². The number of nitrogens with zero attached hydrogens (tertiary/aromatic N) is 1. The van der Waals surface area contributed by atoms with Crippen molar-refractivity contribution in [2.75, 3.05) is 12.4 Å². The molecule has 1 aromatic carbocycles. The van der Waals surface area contributed by atoms with Gasteiger partial charge in [0.2, 0.25) is 0 Å². The first kappa shape index (κ1) is 15.6. The molecule has 1 heterocycles. The first-order valence-corrected chi connectivity index (χ1v) is 8.54. The number of nitrogens with one attached hydrogen (secondary N) is 1. The second-order valence-electron chi connectivity index (χ2n) is 5.56. The lowest BCUT2D eigenvalue weighted by molar-refractivity contribution is 0.102. The fraction of sp³-hybridized carbons (Fsp3) is 0.333. The Kier molecular flexibility index (Phi) is 4.63. The van der Waals surface area contributed by atoms with Gasteiger partial charge in [0.25, 0.3) is 5.91 Å². The Balaban J connectivity index is 1.84. The third kappa shape index (κ3) is 3.22. The van der Waals surface area contributed by atoms with Crippen molar-refractivity contribution in [3.63, 3.8) is 0 Å². The summed E-state index contributed by atoms with van der Waals surface area (Å²) in [7, 11) is 1.59. The SMILES string of the molecule is COc1ccc(C(=O)Nc2sc3c(c2C#N)CCCCC3)cc1. The number of carbonyl (C=O) groups excluding carboxylic acids is 1. The molecule has 1 aromatic heterocycles. The summed E-state index contributed by atoms with van der Waals surface area (Å²) in [6.07, 6.45) is 5.43. The van der Waals surface area contributed by atoms with E-state index in [1.807, 2.05) is 0 Å². The average Bonchev–Trinajstić information content (AvgIpc) is 2.74. The molecule has 118 valence electrons. The first-order chi connectivity index (χ1) is 11.2. The maximum absolute atomic E-state index is 12.4. The minimum absolute atomic E-state index is 0.194. The summed E-state index contributed by atoms with van der Waals surface area (Å²) in [6.45, 7) is 0. The molecule has 0 fully saturated rings. The van der Waals surface area contributed by atoms with Crippen molar-refractivity contribution in [1.29, 1.82) is 5.26 Å². The van der Waals surface area contributed by atoms with E-state index < -0.39 is 0 Å². The van der Waals surface area contributed by atoms with Crippen molar-refractivity contribution in [2.45, 2.75) is 32.1 Å². The summed E-state index contributed by atoms with van der Waals surface area (Å²) < 4.78 is 5.10. The van der Waals surface area contributed by atoms with Crippen molar-refractivity contribution < 1.29 is 9.53 Å². The Morgan fingerprint density at radius 2 is 1.96 bits per heavy atom. The number of hydrogen-bond acceptors (Lipinski definition) is 4. The number of nitriles is 1. The van der Waals surface area contributed by atoms with Crippen molar-refractivity contribution in [3.8, 4) is 11.8 Å². The van der Waals surface area contributed by atoms with Crippen LogP contribution < -0.4 is 10.1 Å². The molecule has 1 aliphatic carbocycles. The Hall–Kier alpha value is -2.32. The topological polar surface area (TPSA) is 62.1 Å². The molecular formula is C18H18N2O2S. The molecule has 0 unspecified atom stereocenters. The van der Waals surface area contributed by atoms with Crippen LogP contribution in [0.2, 0.25) is 0 Å². The number of carbonyl (C=O) groups is 1. The van der Waals surface area contributed by atoms with Crippen molar-refractivity contribution in [3.05, 3.63) is 45.8 Å². The lowest BCUT2D eigenvalue weighted by Crippen LogP contribution is -2.11. The van der Waals surface area contributed by atoms with E-state index in [9.17, 15) is 10.1 Å². The minimum atomic E-state index is -0.194. The summed E-state index contributed by atoms with van der Waals surface area (Å²) in [4.78, 5) is 13.7. The molecule has 23 heavy (non-hydrogen) atoms. The molecule has 0 aliphatic heterocycles. The van der Waals surface area contributed by atoms with Crippen LogP contribution >= 0.6 is 11.3 Å². The molecule has 0 spiro atoms. The number of ether oxygens (including phenoxy) is 1. The van der Waals surface area contributed by atoms with E-state index in [2.05, 4.69) is 11.4 Å². The number of methoxy groups -OCH3 is 1. The molecule has 5 heteroatoms. The smallest absolute Gasteiger partial charge is 0.256 e. The van der Waals surface area contributed by atoms with Gasteiger partial charge >= 0.3 is 0 Å². The lowest BCUT2D eigenvalue weighted by atomic mass is 10.1. The highest BCUT2D eigenvalue weighted by Crippen LogP contribution is 2.37. The maximum Gasteiger partial charge on any atom is 0.256 e. The normalized spacial score (nSPS) is 13.6. The van der Waals surface area contributed by atoms with Crippen LogP contribution in [0.4, 0.5) is 5.00 Å². The van der Waals surface area contributed by atoms with Gasteiger partial charge in [-0.1, -0.05) is 6.42 Å². The number of thiophene rings is 1. The number of hydrogen-bond donors (Lipinski definition) is 1. The highest BCUT2D eigenvalue weighted by molar-refractivity contribution is 7.16. The molecule has 1 N–H and O–H groups in total. The molecule has 3 rings (SSSR count). The van der Waals surface area contributed by atoms with E-state index in [0.29, 0.717) is 21.9 Å². The monoisotopic (exact) mass is 326 g/mol. The van der Waals surface area contributed by atoms with E-state index in [0.717, 1.165) is 31.2 Å². The predicted octanol–water partition coefficient (Wildman–Crippen LogP) is 4.15. The summed E-state index contributed by atoms with van der Waals surface area (Å²) in [5, 5.41) is 13.1. The maximum atomic E-state index is 12.4. The Labute approximate surface area is 139 Å². The van der Waals surface area contributed by atoms with Gasteiger partial charge in [-0.15, -0.1) is 11.3 Å². The van der Waals surface area contributed by atoms with Gasteiger partial charge in [0.1, 0.15) is 16.8 Å². The van der Waals surface area contributed by atoms with Gasteiger partial charge < -0.3 is 10.1 Å². The fourth-order valence-electron chi connectivity index (χ4n) is 2.87. The van der Waals surface area contributed by atoms with E-state index >= 15 is 0 Å². The number of rotatable bonds is 3. The largest absolute Gasteiger partial charge is 0.497 e. The van der Waals surface area contributed by atoms with Crippen LogP contribution in [0.25, 0.3) is 0 Å². The van der Waals surface area contributed by atoms with Crippen LogP contribution in [0, 0.1) is 11.3 Å². The summed E-state index contributed by atoms with van der Waals surface area (Å²) in [6, 6.07) is 9.23. The molecule has 0 saturated carbocycles. The quantitative estimate of drug-likeness (QED) is 0.862.